The largest absolute Gasteiger partial charge is 0.326 e. The molecule has 0 saturated heterocycles. The van der Waals surface area contributed by atoms with Crippen LogP contribution in [0.4, 0.5) is 5.69 Å². The number of fused-ring (bicyclic) bond motifs is 1. The summed E-state index contributed by atoms with van der Waals surface area (Å²) in [6.07, 6.45) is 8.44. The maximum Gasteiger partial charge on any atom is 0.146 e. The van der Waals surface area contributed by atoms with Gasteiger partial charge in [0.15, 0.2) is 0 Å². The van der Waals surface area contributed by atoms with E-state index in [-0.39, 0.29) is 5.84 Å². The molecule has 0 bridgehead atoms. The Kier molecular flexibility index (Phi) is 4.90. The molecule has 1 heterocycles. The van der Waals surface area contributed by atoms with E-state index in [1.165, 1.54) is 11.3 Å². The number of rotatable bonds is 2. The molecular weight excluding hydrogens is 314 g/mol. The number of anilines is 1. The van der Waals surface area contributed by atoms with Crippen molar-refractivity contribution in [3.05, 3.63) is 52.5 Å². The van der Waals surface area contributed by atoms with Gasteiger partial charge < -0.3 is 4.90 Å². The molecule has 2 rings (SSSR count). The van der Waals surface area contributed by atoms with E-state index in [0.29, 0.717) is 0 Å². The van der Waals surface area contributed by atoms with Crippen LogP contribution in [0.5, 0.6) is 0 Å². The lowest BCUT2D eigenvalue weighted by Crippen LogP contribution is -2.28. The smallest absolute Gasteiger partial charge is 0.146 e. The quantitative estimate of drug-likeness (QED) is 0.635. The predicted molar refractivity (Wildman–Crippen MR) is 90.0 cm³/mol. The van der Waals surface area contributed by atoms with Crippen LogP contribution in [0.1, 0.15) is 19.4 Å². The summed E-state index contributed by atoms with van der Waals surface area (Å²) in [4.78, 5) is 6.57. The number of hydrogen-bond acceptors (Lipinski definition) is 1. The van der Waals surface area contributed by atoms with E-state index in [0.717, 1.165) is 23.3 Å². The summed E-state index contributed by atoms with van der Waals surface area (Å²) in [6, 6.07) is 6.30. The molecule has 0 fully saturated rings. The van der Waals surface area contributed by atoms with Gasteiger partial charge in [-0.1, -0.05) is 28.1 Å². The van der Waals surface area contributed by atoms with E-state index in [2.05, 4.69) is 38.0 Å². The van der Waals surface area contributed by atoms with E-state index >= 15 is 0 Å². The second kappa shape index (κ2) is 6.66. The van der Waals surface area contributed by atoms with E-state index in [4.69, 9.17) is 5.41 Å². The summed E-state index contributed by atoms with van der Waals surface area (Å²) in [5, 5.41) is 7.84. The van der Waals surface area contributed by atoms with Crippen molar-refractivity contribution in [2.75, 3.05) is 11.4 Å². The molecule has 1 aromatic carbocycles. The maximum absolute atomic E-state index is 7.84. The van der Waals surface area contributed by atoms with Crippen molar-refractivity contribution in [2.24, 2.45) is 4.99 Å². The Morgan fingerprint density at radius 2 is 2.05 bits per heavy atom. The van der Waals surface area contributed by atoms with Crippen LogP contribution in [0.15, 0.2) is 52.0 Å². The number of nitrogens with zero attached hydrogens (tertiary/aromatic N) is 2. The number of benzene rings is 1. The number of nitrogens with one attached hydrogen (secondary N) is 1. The van der Waals surface area contributed by atoms with Crippen molar-refractivity contribution in [3.8, 4) is 0 Å². The topological polar surface area (TPSA) is 39.5 Å². The average molecular weight is 332 g/mol. The molecule has 3 nitrogen and oxygen atoms in total. The van der Waals surface area contributed by atoms with Gasteiger partial charge in [0.2, 0.25) is 0 Å². The molecule has 0 radical (unpaired) electrons. The first kappa shape index (κ1) is 14.7. The molecule has 0 aliphatic carbocycles. The molecule has 1 aromatic rings. The van der Waals surface area contributed by atoms with Crippen molar-refractivity contribution in [1.29, 1.82) is 5.41 Å². The fraction of sp³-hybridized carbons (Fsp3) is 0.250. The number of hydrogen-bond donors (Lipinski definition) is 1. The van der Waals surface area contributed by atoms with Gasteiger partial charge in [-0.3, -0.25) is 5.41 Å². The SMILES string of the molecule is C/C=C\C(=N)N=C(/C=C\C)N1CCc2cc(Br)ccc21. The van der Waals surface area contributed by atoms with E-state index in [1.807, 2.05) is 38.1 Å². The molecule has 104 valence electrons. The van der Waals surface area contributed by atoms with E-state index < -0.39 is 0 Å². The Labute approximate surface area is 128 Å². The first-order valence-electron chi connectivity index (χ1n) is 6.64. The lowest BCUT2D eigenvalue weighted by Gasteiger charge is -2.19. The van der Waals surface area contributed by atoms with Gasteiger partial charge in [-0.2, -0.15) is 0 Å². The number of halogens is 1. The van der Waals surface area contributed by atoms with E-state index in [1.54, 1.807) is 6.08 Å². The minimum Gasteiger partial charge on any atom is -0.326 e. The summed E-state index contributed by atoms with van der Waals surface area (Å²) < 4.78 is 1.10. The molecule has 0 unspecified atom stereocenters. The lowest BCUT2D eigenvalue weighted by molar-refractivity contribution is 1.02. The van der Waals surface area contributed by atoms with Gasteiger partial charge in [0, 0.05) is 16.7 Å². The number of aliphatic imine (C=N–C) groups is 1. The second-order valence-electron chi connectivity index (χ2n) is 4.53. The molecule has 0 saturated carbocycles. The Balaban J connectivity index is 2.36. The van der Waals surface area contributed by atoms with Crippen molar-refractivity contribution in [1.82, 2.24) is 0 Å². The van der Waals surface area contributed by atoms with Gasteiger partial charge in [0.05, 0.1) is 0 Å². The van der Waals surface area contributed by atoms with Gasteiger partial charge in [0.25, 0.3) is 0 Å². The van der Waals surface area contributed by atoms with Crippen LogP contribution >= 0.6 is 15.9 Å². The highest BCUT2D eigenvalue weighted by molar-refractivity contribution is 9.10. The molecule has 0 spiro atoms. The van der Waals surface area contributed by atoms with Crippen LogP contribution in [0.3, 0.4) is 0 Å². The van der Waals surface area contributed by atoms with Crippen LogP contribution < -0.4 is 4.90 Å². The first-order chi connectivity index (χ1) is 9.65. The van der Waals surface area contributed by atoms with Gasteiger partial charge in [-0.25, -0.2) is 4.99 Å². The van der Waals surface area contributed by atoms with Crippen molar-refractivity contribution >= 4 is 33.3 Å². The molecule has 1 aliphatic heterocycles. The van der Waals surface area contributed by atoms with Crippen LogP contribution in [0, 0.1) is 5.41 Å². The molecule has 1 N–H and O–H groups in total. The lowest BCUT2D eigenvalue weighted by atomic mass is 10.2. The van der Waals surface area contributed by atoms with Crippen molar-refractivity contribution in [3.63, 3.8) is 0 Å². The highest BCUT2D eigenvalue weighted by atomic mass is 79.9. The van der Waals surface area contributed by atoms with E-state index in [9.17, 15) is 0 Å². The second-order valence-corrected chi connectivity index (χ2v) is 5.45. The maximum atomic E-state index is 7.84. The standard InChI is InChI=1S/C16H18BrN3/c1-3-5-15(18)19-16(6-4-2)20-10-9-12-11-13(17)7-8-14(12)20/h3-8,11,18H,9-10H2,1-2H3/b5-3-,6-4-,18-15?,19-16?. The third-order valence-corrected chi connectivity index (χ3v) is 3.58. The average Bonchev–Trinajstić information content (AvgIpc) is 2.81. The monoisotopic (exact) mass is 331 g/mol. The van der Waals surface area contributed by atoms with Gasteiger partial charge in [-0.15, -0.1) is 0 Å². The molecule has 1 aliphatic rings. The zero-order valence-corrected chi connectivity index (χ0v) is 13.3. The summed E-state index contributed by atoms with van der Waals surface area (Å²) >= 11 is 3.51. The summed E-state index contributed by atoms with van der Waals surface area (Å²) in [5.74, 6) is 1.09. The number of amidine groups is 2. The first-order valence-corrected chi connectivity index (χ1v) is 7.43. The van der Waals surface area contributed by atoms with Gasteiger partial charge in [0.1, 0.15) is 11.7 Å². The van der Waals surface area contributed by atoms with Crippen LogP contribution in [0.2, 0.25) is 0 Å². The zero-order valence-electron chi connectivity index (χ0n) is 11.7. The van der Waals surface area contributed by atoms with Gasteiger partial charge in [-0.05, 0) is 56.2 Å². The Morgan fingerprint density at radius 1 is 1.30 bits per heavy atom. The third-order valence-electron chi connectivity index (χ3n) is 3.09. The Bertz CT molecular complexity index is 600. The van der Waals surface area contributed by atoms with Crippen LogP contribution in [-0.4, -0.2) is 18.2 Å². The molecule has 0 aromatic heterocycles. The number of allylic oxidation sites excluding steroid dienone is 2. The minimum absolute atomic E-state index is 0.270. The highest BCUT2D eigenvalue weighted by Gasteiger charge is 2.22. The van der Waals surface area contributed by atoms with Crippen LogP contribution in [0.25, 0.3) is 0 Å². The zero-order chi connectivity index (χ0) is 14.5. The fourth-order valence-electron chi connectivity index (χ4n) is 2.26. The minimum atomic E-state index is 0.270. The fourth-order valence-corrected chi connectivity index (χ4v) is 2.67. The molecule has 20 heavy (non-hydrogen) atoms. The molecule has 0 amide bonds. The molecule has 0 atom stereocenters. The van der Waals surface area contributed by atoms with Gasteiger partial charge >= 0.3 is 0 Å². The third kappa shape index (κ3) is 3.25. The van der Waals surface area contributed by atoms with Crippen LogP contribution in [-0.2, 0) is 6.42 Å². The molecular formula is C16H18BrN3. The van der Waals surface area contributed by atoms with Crippen molar-refractivity contribution in [2.45, 2.75) is 20.3 Å². The molecule has 4 heteroatoms. The van der Waals surface area contributed by atoms with Crippen molar-refractivity contribution < 1.29 is 0 Å². The Morgan fingerprint density at radius 3 is 2.75 bits per heavy atom. The summed E-state index contributed by atoms with van der Waals surface area (Å²) in [6.45, 7) is 4.76. The summed E-state index contributed by atoms with van der Waals surface area (Å²) in [7, 11) is 0. The highest BCUT2D eigenvalue weighted by Crippen LogP contribution is 2.31. The Hall–Kier alpha value is -1.68. The predicted octanol–water partition coefficient (Wildman–Crippen LogP) is 4.34. The summed E-state index contributed by atoms with van der Waals surface area (Å²) in [5.41, 5.74) is 2.49. The normalized spacial score (nSPS) is 15.3.